The van der Waals surface area contributed by atoms with Gasteiger partial charge in [-0.3, -0.25) is 0 Å². The first kappa shape index (κ1) is 25.9. The van der Waals surface area contributed by atoms with Crippen LogP contribution in [-0.2, 0) is 20.1 Å². The molecule has 0 fully saturated rings. The van der Waals surface area contributed by atoms with Gasteiger partial charge >= 0.3 is 33.0 Å². The van der Waals surface area contributed by atoms with Gasteiger partial charge in [0.15, 0.2) is 0 Å². The molecule has 0 amide bonds. The molecule has 0 spiro atoms. The second-order valence-corrected chi connectivity index (χ2v) is 7.07. The minimum absolute atomic E-state index is 0. The van der Waals surface area contributed by atoms with Crippen molar-refractivity contribution in [2.24, 2.45) is 0 Å². The molecule has 0 aromatic heterocycles. The largest absolute Gasteiger partial charge is 0 e. The van der Waals surface area contributed by atoms with Crippen molar-refractivity contribution in [3.63, 3.8) is 0 Å². The minimum Gasteiger partial charge on any atom is 0 e. The molecule has 1 radical (unpaired) electrons. The van der Waals surface area contributed by atoms with Gasteiger partial charge in [-0.05, 0) is 51.4 Å². The molecule has 0 saturated heterocycles. The summed E-state index contributed by atoms with van der Waals surface area (Å²) in [5.74, 6) is 0. The van der Waals surface area contributed by atoms with Crippen LogP contribution in [0.5, 0.6) is 0 Å². The molecule has 0 unspecified atom stereocenters. The van der Waals surface area contributed by atoms with Crippen molar-refractivity contribution in [3.8, 4) is 0 Å². The monoisotopic (exact) mass is 554 g/mol. The third kappa shape index (κ3) is 37.7. The molecule has 8 heteroatoms. The van der Waals surface area contributed by atoms with Crippen LogP contribution >= 0.6 is 7.81 Å². The van der Waals surface area contributed by atoms with Gasteiger partial charge in [0.25, 0.3) is 0 Å². The predicted molar refractivity (Wildman–Crippen MR) is 87.1 cm³/mol. The maximum atomic E-state index is 9.87. The van der Waals surface area contributed by atoms with Gasteiger partial charge in [-0.2, -0.15) is 0 Å². The Hall–Kier alpha value is -0.381. The van der Waals surface area contributed by atoms with Gasteiger partial charge in [0.2, 0.25) is 0 Å². The van der Waals surface area contributed by atoms with E-state index in [0.717, 1.165) is 0 Å². The SMILES string of the molecule is C1=C\CC/C=C\CC/1.C1=C\CC/C=C\CC/1.F[P-](F)(F)(F)(F)F.[Ir]. The van der Waals surface area contributed by atoms with Crippen LogP contribution in [0.25, 0.3) is 0 Å². The fourth-order valence-corrected chi connectivity index (χ4v) is 1.71. The summed E-state index contributed by atoms with van der Waals surface area (Å²) in [6.45, 7) is 0. The van der Waals surface area contributed by atoms with Crippen molar-refractivity contribution in [2.75, 3.05) is 0 Å². The van der Waals surface area contributed by atoms with Crippen LogP contribution in [0.3, 0.4) is 0 Å². The Morgan fingerprint density at radius 2 is 0.458 bits per heavy atom. The van der Waals surface area contributed by atoms with E-state index in [-0.39, 0.29) is 20.1 Å². The van der Waals surface area contributed by atoms with Gasteiger partial charge in [0.1, 0.15) is 0 Å². The van der Waals surface area contributed by atoms with Gasteiger partial charge in [-0.15, -0.1) is 0 Å². The van der Waals surface area contributed by atoms with Crippen molar-refractivity contribution in [2.45, 2.75) is 51.4 Å². The van der Waals surface area contributed by atoms with Crippen LogP contribution < -0.4 is 0 Å². The third-order valence-electron chi connectivity index (χ3n) is 2.67. The van der Waals surface area contributed by atoms with E-state index in [9.17, 15) is 25.2 Å². The Morgan fingerprint density at radius 3 is 0.542 bits per heavy atom. The van der Waals surface area contributed by atoms with Gasteiger partial charge in [0.05, 0.1) is 0 Å². The van der Waals surface area contributed by atoms with Gasteiger partial charge < -0.3 is 0 Å². The normalized spacial score (nSPS) is 25.4. The first-order valence-electron chi connectivity index (χ1n) is 7.61. The molecule has 0 nitrogen and oxygen atoms in total. The predicted octanol–water partition coefficient (Wildman–Crippen LogP) is 8.73. The molecular weight excluding hydrogens is 529 g/mol. The quantitative estimate of drug-likeness (QED) is 0.160. The maximum absolute atomic E-state index is 10.7. The maximum Gasteiger partial charge on any atom is 0 e. The molecule has 0 atom stereocenters. The van der Waals surface area contributed by atoms with Crippen molar-refractivity contribution in [1.82, 2.24) is 0 Å². The summed E-state index contributed by atoms with van der Waals surface area (Å²) < 4.78 is 59.2. The number of hydrogen-bond acceptors (Lipinski definition) is 0. The van der Waals surface area contributed by atoms with Crippen molar-refractivity contribution in [3.05, 3.63) is 48.6 Å². The average Bonchev–Trinajstić information content (AvgIpc) is 2.22. The second-order valence-electron chi connectivity index (χ2n) is 5.15. The second kappa shape index (κ2) is 11.3. The van der Waals surface area contributed by atoms with Crippen LogP contribution in [0.2, 0.25) is 0 Å². The summed E-state index contributed by atoms with van der Waals surface area (Å²) >= 11 is 0. The van der Waals surface area contributed by atoms with E-state index in [0.29, 0.717) is 0 Å². The topological polar surface area (TPSA) is 0 Å². The summed E-state index contributed by atoms with van der Waals surface area (Å²) in [6.07, 6.45) is 28.0. The molecular formula is C16H24F6IrP-. The zero-order valence-electron chi connectivity index (χ0n) is 13.3. The Balaban J connectivity index is 0. The molecule has 2 aliphatic carbocycles. The zero-order chi connectivity index (χ0) is 17.7. The van der Waals surface area contributed by atoms with Crippen LogP contribution in [0.15, 0.2) is 48.6 Å². The molecule has 0 heterocycles. The Bertz CT molecular complexity index is 343. The first-order valence-corrected chi connectivity index (χ1v) is 9.64. The summed E-state index contributed by atoms with van der Waals surface area (Å²) in [4.78, 5) is 0. The third-order valence-corrected chi connectivity index (χ3v) is 2.67. The summed E-state index contributed by atoms with van der Waals surface area (Å²) in [5, 5.41) is 0. The van der Waals surface area contributed by atoms with Crippen LogP contribution in [0.4, 0.5) is 25.2 Å². The van der Waals surface area contributed by atoms with E-state index in [1.165, 1.54) is 51.4 Å². The van der Waals surface area contributed by atoms with Crippen molar-refractivity contribution in [1.29, 1.82) is 0 Å². The average molecular weight is 554 g/mol. The molecule has 0 bridgehead atoms. The smallest absolute Gasteiger partial charge is 0 e. The number of hydrogen-bond donors (Lipinski definition) is 0. The van der Waals surface area contributed by atoms with E-state index < -0.39 is 7.81 Å². The molecule has 0 aliphatic heterocycles. The molecule has 2 aliphatic rings. The van der Waals surface area contributed by atoms with Crippen LogP contribution in [-0.4, -0.2) is 0 Å². The van der Waals surface area contributed by atoms with E-state index >= 15 is 0 Å². The van der Waals surface area contributed by atoms with Crippen molar-refractivity contribution >= 4 is 7.81 Å². The molecule has 24 heavy (non-hydrogen) atoms. The molecule has 0 aromatic carbocycles. The standard InChI is InChI=1S/2C8H12.F6P.Ir/c2*1-2-4-6-8-7-5-3-1;1-7(2,3,4,5)6;/h2*1-2,7-8H,3-6H2;;/q;;-1;/b2*2-1-,8-7-;;. The van der Waals surface area contributed by atoms with E-state index in [1.54, 1.807) is 0 Å². The van der Waals surface area contributed by atoms with E-state index in [4.69, 9.17) is 0 Å². The fraction of sp³-hybridized carbons (Fsp3) is 0.500. The summed E-state index contributed by atoms with van der Waals surface area (Å²) in [7, 11) is -10.7. The number of halogens is 6. The zero-order valence-corrected chi connectivity index (χ0v) is 16.6. The Kier molecular flexibility index (Phi) is 12.1. The minimum atomic E-state index is -10.7. The molecule has 145 valence electrons. The van der Waals surface area contributed by atoms with Gasteiger partial charge in [-0.1, -0.05) is 48.6 Å². The first-order chi connectivity index (χ1) is 10.4. The number of allylic oxidation sites excluding steroid dienone is 8. The molecule has 0 N–H and O–H groups in total. The molecule has 0 saturated carbocycles. The number of rotatable bonds is 0. The molecule has 0 aromatic rings. The fourth-order valence-electron chi connectivity index (χ4n) is 1.71. The Labute approximate surface area is 153 Å². The Morgan fingerprint density at radius 1 is 0.375 bits per heavy atom. The van der Waals surface area contributed by atoms with E-state index in [2.05, 4.69) is 48.6 Å². The van der Waals surface area contributed by atoms with Gasteiger partial charge in [0, 0.05) is 20.1 Å². The molecule has 2 rings (SSSR count). The van der Waals surface area contributed by atoms with Crippen LogP contribution in [0, 0.1) is 0 Å². The van der Waals surface area contributed by atoms with Crippen molar-refractivity contribution < 1.29 is 45.3 Å². The summed E-state index contributed by atoms with van der Waals surface area (Å²) in [5.41, 5.74) is 0. The van der Waals surface area contributed by atoms with Crippen LogP contribution in [0.1, 0.15) is 51.4 Å². The van der Waals surface area contributed by atoms with Gasteiger partial charge in [-0.25, -0.2) is 0 Å². The van der Waals surface area contributed by atoms with E-state index in [1.807, 2.05) is 0 Å². The summed E-state index contributed by atoms with van der Waals surface area (Å²) in [6, 6.07) is 0.